The molecular weight excluding hydrogens is 222 g/mol. The van der Waals surface area contributed by atoms with E-state index in [2.05, 4.69) is 5.32 Å². The maximum absolute atomic E-state index is 11.0. The van der Waals surface area contributed by atoms with E-state index < -0.39 is 0 Å². The fraction of sp³-hybridized carbons (Fsp3) is 0.333. The fourth-order valence-corrected chi connectivity index (χ4v) is 1.62. The van der Waals surface area contributed by atoms with Crippen LogP contribution in [0.25, 0.3) is 0 Å². The van der Waals surface area contributed by atoms with Crippen molar-refractivity contribution >= 4 is 17.9 Å². The summed E-state index contributed by atoms with van der Waals surface area (Å²) in [5.41, 5.74) is 1.58. The van der Waals surface area contributed by atoms with Crippen LogP contribution in [0.2, 0.25) is 0 Å². The van der Waals surface area contributed by atoms with Crippen LogP contribution in [0.4, 0.5) is 5.69 Å². The summed E-state index contributed by atoms with van der Waals surface area (Å²) in [7, 11) is 2.94. The summed E-state index contributed by atoms with van der Waals surface area (Å²) in [6.45, 7) is 3.18. The van der Waals surface area contributed by atoms with E-state index in [1.165, 1.54) is 21.1 Å². The minimum atomic E-state index is -0.211. The Morgan fingerprint density at radius 2 is 1.88 bits per heavy atom. The lowest BCUT2D eigenvalue weighted by Crippen LogP contribution is -2.09. The van der Waals surface area contributed by atoms with Gasteiger partial charge in [-0.05, 0) is 13.0 Å². The highest BCUT2D eigenvalue weighted by Crippen LogP contribution is 2.38. The molecule has 0 aliphatic carbocycles. The zero-order valence-electron chi connectivity index (χ0n) is 10.3. The molecule has 0 spiro atoms. The molecule has 1 aromatic carbocycles. The normalized spacial score (nSPS) is 9.65. The molecule has 0 saturated carbocycles. The molecule has 0 radical (unpaired) electrons. The molecule has 0 unspecified atom stereocenters. The lowest BCUT2D eigenvalue weighted by atomic mass is 10.1. The molecule has 0 heterocycles. The van der Waals surface area contributed by atoms with Crippen molar-refractivity contribution in [3.8, 4) is 11.5 Å². The van der Waals surface area contributed by atoms with Crippen LogP contribution in [-0.2, 0) is 4.79 Å². The van der Waals surface area contributed by atoms with Gasteiger partial charge in [0.15, 0.2) is 17.8 Å². The third-order valence-electron chi connectivity index (χ3n) is 2.36. The number of rotatable bonds is 4. The van der Waals surface area contributed by atoms with Crippen molar-refractivity contribution < 1.29 is 19.1 Å². The first-order valence-electron chi connectivity index (χ1n) is 5.03. The Kier molecular flexibility index (Phi) is 4.09. The second-order valence-electron chi connectivity index (χ2n) is 3.50. The molecule has 0 saturated heterocycles. The topological polar surface area (TPSA) is 64.6 Å². The molecule has 5 nitrogen and oxygen atoms in total. The first-order chi connectivity index (χ1) is 8.04. The van der Waals surface area contributed by atoms with Gasteiger partial charge < -0.3 is 14.8 Å². The summed E-state index contributed by atoms with van der Waals surface area (Å²) >= 11 is 0. The molecule has 1 rings (SSSR count). The number of aldehydes is 1. The van der Waals surface area contributed by atoms with Gasteiger partial charge in [0.25, 0.3) is 0 Å². The largest absolute Gasteiger partial charge is 0.492 e. The van der Waals surface area contributed by atoms with Gasteiger partial charge >= 0.3 is 0 Å². The van der Waals surface area contributed by atoms with E-state index in [9.17, 15) is 9.59 Å². The molecule has 1 N–H and O–H groups in total. The number of methoxy groups -OCH3 is 2. The summed E-state index contributed by atoms with van der Waals surface area (Å²) in [6.07, 6.45) is 0.659. The summed E-state index contributed by atoms with van der Waals surface area (Å²) < 4.78 is 10.3. The maximum Gasteiger partial charge on any atom is 0.221 e. The predicted octanol–water partition coefficient (Wildman–Crippen LogP) is 1.78. The molecule has 0 aliphatic rings. The van der Waals surface area contributed by atoms with Gasteiger partial charge in [0, 0.05) is 18.2 Å². The average molecular weight is 237 g/mol. The molecule has 0 aliphatic heterocycles. The standard InChI is InChI=1S/C12H15NO4/c1-7-10(13-8(2)15)5-9(6-14)12(17-4)11(7)16-3/h5-6H,1-4H3,(H,13,15). The third-order valence-corrected chi connectivity index (χ3v) is 2.36. The minimum absolute atomic E-state index is 0.211. The van der Waals surface area contributed by atoms with Crippen LogP contribution in [0.3, 0.4) is 0 Å². The second-order valence-corrected chi connectivity index (χ2v) is 3.50. The Labute approximate surface area is 99.7 Å². The Morgan fingerprint density at radius 1 is 1.29 bits per heavy atom. The molecule has 0 bridgehead atoms. The van der Waals surface area contributed by atoms with Crippen LogP contribution in [0.1, 0.15) is 22.8 Å². The van der Waals surface area contributed by atoms with Crippen molar-refractivity contribution in [2.45, 2.75) is 13.8 Å². The summed E-state index contributed by atoms with van der Waals surface area (Å²) in [5.74, 6) is 0.604. The Balaban J connectivity index is 3.44. The Hall–Kier alpha value is -2.04. The van der Waals surface area contributed by atoms with Crippen molar-refractivity contribution in [2.75, 3.05) is 19.5 Å². The van der Waals surface area contributed by atoms with Crippen LogP contribution < -0.4 is 14.8 Å². The highest BCUT2D eigenvalue weighted by Gasteiger charge is 2.17. The van der Waals surface area contributed by atoms with Gasteiger partial charge in [-0.1, -0.05) is 0 Å². The van der Waals surface area contributed by atoms with Crippen LogP contribution in [0, 0.1) is 6.92 Å². The zero-order chi connectivity index (χ0) is 13.0. The van der Waals surface area contributed by atoms with E-state index in [4.69, 9.17) is 9.47 Å². The van der Waals surface area contributed by atoms with E-state index in [0.29, 0.717) is 34.6 Å². The van der Waals surface area contributed by atoms with Gasteiger partial charge in [0.1, 0.15) is 0 Å². The first-order valence-corrected chi connectivity index (χ1v) is 5.03. The third kappa shape index (κ3) is 2.55. The van der Waals surface area contributed by atoms with Crippen LogP contribution in [0.5, 0.6) is 11.5 Å². The quantitative estimate of drug-likeness (QED) is 0.811. The predicted molar refractivity (Wildman–Crippen MR) is 64.0 cm³/mol. The number of carbonyl (C=O) groups excluding carboxylic acids is 2. The number of hydrogen-bond acceptors (Lipinski definition) is 4. The van der Waals surface area contributed by atoms with E-state index in [1.807, 2.05) is 0 Å². The van der Waals surface area contributed by atoms with Crippen molar-refractivity contribution in [3.05, 3.63) is 17.2 Å². The highest BCUT2D eigenvalue weighted by atomic mass is 16.5. The molecule has 0 fully saturated rings. The molecule has 17 heavy (non-hydrogen) atoms. The number of hydrogen-bond donors (Lipinski definition) is 1. The summed E-state index contributed by atoms with van der Waals surface area (Å²) in [4.78, 5) is 22.0. The van der Waals surface area contributed by atoms with Crippen molar-refractivity contribution in [3.63, 3.8) is 0 Å². The van der Waals surface area contributed by atoms with Gasteiger partial charge in [-0.25, -0.2) is 0 Å². The van der Waals surface area contributed by atoms with Gasteiger partial charge in [-0.2, -0.15) is 0 Å². The maximum atomic E-state index is 11.0. The molecule has 0 aromatic heterocycles. The van der Waals surface area contributed by atoms with Gasteiger partial charge in [0.2, 0.25) is 5.91 Å². The van der Waals surface area contributed by atoms with Crippen molar-refractivity contribution in [1.29, 1.82) is 0 Å². The van der Waals surface area contributed by atoms with Crippen LogP contribution in [0.15, 0.2) is 6.07 Å². The first kappa shape index (κ1) is 13.0. The lowest BCUT2D eigenvalue weighted by Gasteiger charge is -2.16. The van der Waals surface area contributed by atoms with E-state index in [0.717, 1.165) is 0 Å². The van der Waals surface area contributed by atoms with Gasteiger partial charge in [0.05, 0.1) is 19.8 Å². The van der Waals surface area contributed by atoms with Gasteiger partial charge in [-0.15, -0.1) is 0 Å². The minimum Gasteiger partial charge on any atom is -0.492 e. The number of nitrogens with one attached hydrogen (secondary N) is 1. The Bertz CT molecular complexity index is 454. The molecule has 1 aromatic rings. The average Bonchev–Trinajstić information content (AvgIpc) is 2.30. The number of benzene rings is 1. The number of anilines is 1. The van der Waals surface area contributed by atoms with Crippen molar-refractivity contribution in [2.24, 2.45) is 0 Å². The molecular formula is C12H15NO4. The molecule has 1 amide bonds. The van der Waals surface area contributed by atoms with E-state index in [-0.39, 0.29) is 5.91 Å². The number of carbonyl (C=O) groups is 2. The van der Waals surface area contributed by atoms with Crippen LogP contribution in [-0.4, -0.2) is 26.4 Å². The molecule has 0 atom stereocenters. The number of ether oxygens (including phenoxy) is 2. The van der Waals surface area contributed by atoms with E-state index >= 15 is 0 Å². The summed E-state index contributed by atoms with van der Waals surface area (Å²) in [5, 5.41) is 2.64. The second kappa shape index (κ2) is 5.34. The van der Waals surface area contributed by atoms with Gasteiger partial charge in [-0.3, -0.25) is 9.59 Å². The highest BCUT2D eigenvalue weighted by molar-refractivity contribution is 5.93. The SMILES string of the molecule is COc1c(C=O)cc(NC(C)=O)c(C)c1OC. The van der Waals surface area contributed by atoms with E-state index in [1.54, 1.807) is 13.0 Å². The zero-order valence-corrected chi connectivity index (χ0v) is 10.3. The number of amides is 1. The Morgan fingerprint density at radius 3 is 2.29 bits per heavy atom. The smallest absolute Gasteiger partial charge is 0.221 e. The lowest BCUT2D eigenvalue weighted by molar-refractivity contribution is -0.114. The fourth-order valence-electron chi connectivity index (χ4n) is 1.62. The molecule has 5 heteroatoms. The molecule has 92 valence electrons. The van der Waals surface area contributed by atoms with Crippen LogP contribution >= 0.6 is 0 Å². The monoisotopic (exact) mass is 237 g/mol. The summed E-state index contributed by atoms with van der Waals surface area (Å²) in [6, 6.07) is 1.56. The van der Waals surface area contributed by atoms with Crippen molar-refractivity contribution in [1.82, 2.24) is 0 Å².